The zero-order valence-corrected chi connectivity index (χ0v) is 11.1. The van der Waals surface area contributed by atoms with Crippen molar-refractivity contribution in [3.05, 3.63) is 53.1 Å². The van der Waals surface area contributed by atoms with Gasteiger partial charge >= 0.3 is 0 Å². The first kappa shape index (κ1) is 13.2. The van der Waals surface area contributed by atoms with Crippen molar-refractivity contribution in [1.82, 2.24) is 0 Å². The second-order valence-electron chi connectivity index (χ2n) is 3.89. The Balaban J connectivity index is 2.27. The topological polar surface area (TPSA) is 64.3 Å². The van der Waals surface area contributed by atoms with Crippen molar-refractivity contribution < 1.29 is 9.53 Å². The number of rotatable bonds is 3. The Morgan fingerprint density at radius 1 is 1.21 bits per heavy atom. The minimum Gasteiger partial charge on any atom is -0.496 e. The normalized spacial score (nSPS) is 10.0. The quantitative estimate of drug-likeness (QED) is 0.846. The summed E-state index contributed by atoms with van der Waals surface area (Å²) in [5.74, 6) is 0.115. The largest absolute Gasteiger partial charge is 0.496 e. The Morgan fingerprint density at radius 3 is 2.53 bits per heavy atom. The van der Waals surface area contributed by atoms with Gasteiger partial charge in [-0.2, -0.15) is 0 Å². The maximum atomic E-state index is 12.2. The number of halogens is 1. The molecule has 0 radical (unpaired) electrons. The highest BCUT2D eigenvalue weighted by molar-refractivity contribution is 6.30. The molecule has 0 heterocycles. The summed E-state index contributed by atoms with van der Waals surface area (Å²) in [4.78, 5) is 12.2. The van der Waals surface area contributed by atoms with Crippen molar-refractivity contribution in [2.24, 2.45) is 0 Å². The van der Waals surface area contributed by atoms with Gasteiger partial charge in [0.2, 0.25) is 0 Å². The number of nitrogen functional groups attached to an aromatic ring is 1. The van der Waals surface area contributed by atoms with Gasteiger partial charge in [0, 0.05) is 16.4 Å². The van der Waals surface area contributed by atoms with E-state index in [0.29, 0.717) is 27.7 Å². The standard InChI is InChI=1S/C14H13ClN2O2/c1-19-12-4-2-3-11(16)13(12)14(18)17-10-7-5-9(15)6-8-10/h2-8H,16H2,1H3,(H,17,18). The first-order valence-corrected chi connectivity index (χ1v) is 5.99. The van der Waals surface area contributed by atoms with E-state index in [2.05, 4.69) is 5.32 Å². The van der Waals surface area contributed by atoms with Crippen molar-refractivity contribution in [3.63, 3.8) is 0 Å². The number of hydrogen-bond acceptors (Lipinski definition) is 3. The summed E-state index contributed by atoms with van der Waals surface area (Å²) in [5.41, 5.74) is 7.14. The van der Waals surface area contributed by atoms with Crippen LogP contribution in [0.25, 0.3) is 0 Å². The summed E-state index contributed by atoms with van der Waals surface area (Å²) in [6, 6.07) is 11.9. The number of nitrogens with one attached hydrogen (secondary N) is 1. The van der Waals surface area contributed by atoms with Gasteiger partial charge in [0.25, 0.3) is 5.91 Å². The highest BCUT2D eigenvalue weighted by Gasteiger charge is 2.15. The van der Waals surface area contributed by atoms with E-state index in [9.17, 15) is 4.79 Å². The number of amides is 1. The van der Waals surface area contributed by atoms with Crippen LogP contribution in [0.1, 0.15) is 10.4 Å². The number of carbonyl (C=O) groups is 1. The van der Waals surface area contributed by atoms with Gasteiger partial charge < -0.3 is 15.8 Å². The van der Waals surface area contributed by atoms with Crippen LogP contribution in [0.5, 0.6) is 5.75 Å². The van der Waals surface area contributed by atoms with E-state index in [1.54, 1.807) is 42.5 Å². The fourth-order valence-corrected chi connectivity index (χ4v) is 1.81. The Bertz CT molecular complexity index is 597. The molecule has 98 valence electrons. The molecule has 0 saturated carbocycles. The number of benzene rings is 2. The third-order valence-corrected chi connectivity index (χ3v) is 2.86. The molecule has 0 atom stereocenters. The third-order valence-electron chi connectivity index (χ3n) is 2.61. The molecule has 0 aliphatic carbocycles. The Hall–Kier alpha value is -2.20. The Kier molecular flexibility index (Phi) is 3.92. The lowest BCUT2D eigenvalue weighted by atomic mass is 10.1. The highest BCUT2D eigenvalue weighted by Crippen LogP contribution is 2.25. The van der Waals surface area contributed by atoms with Crippen LogP contribution in [0.3, 0.4) is 0 Å². The maximum Gasteiger partial charge on any atom is 0.261 e. The van der Waals surface area contributed by atoms with E-state index >= 15 is 0 Å². The lowest BCUT2D eigenvalue weighted by Crippen LogP contribution is -2.15. The molecule has 2 rings (SSSR count). The molecule has 0 aliphatic heterocycles. The molecule has 0 unspecified atom stereocenters. The van der Waals surface area contributed by atoms with Gasteiger partial charge in [0.15, 0.2) is 0 Å². The zero-order valence-electron chi connectivity index (χ0n) is 10.3. The van der Waals surface area contributed by atoms with Crippen molar-refractivity contribution >= 4 is 28.9 Å². The van der Waals surface area contributed by atoms with Crippen LogP contribution in [0.15, 0.2) is 42.5 Å². The van der Waals surface area contributed by atoms with E-state index in [0.717, 1.165) is 0 Å². The number of nitrogens with two attached hydrogens (primary N) is 1. The SMILES string of the molecule is COc1cccc(N)c1C(=O)Nc1ccc(Cl)cc1. The summed E-state index contributed by atoms with van der Waals surface area (Å²) >= 11 is 5.79. The summed E-state index contributed by atoms with van der Waals surface area (Å²) in [7, 11) is 1.49. The number of anilines is 2. The van der Waals surface area contributed by atoms with Gasteiger partial charge in [-0.05, 0) is 36.4 Å². The fraction of sp³-hybridized carbons (Fsp3) is 0.0714. The summed E-state index contributed by atoms with van der Waals surface area (Å²) < 4.78 is 5.14. The highest BCUT2D eigenvalue weighted by atomic mass is 35.5. The average Bonchev–Trinajstić information content (AvgIpc) is 2.40. The smallest absolute Gasteiger partial charge is 0.261 e. The second-order valence-corrected chi connectivity index (χ2v) is 4.32. The van der Waals surface area contributed by atoms with E-state index in [4.69, 9.17) is 22.1 Å². The molecule has 3 N–H and O–H groups in total. The van der Waals surface area contributed by atoms with Gasteiger partial charge in [-0.15, -0.1) is 0 Å². The lowest BCUT2D eigenvalue weighted by molar-refractivity contribution is 0.102. The van der Waals surface area contributed by atoms with Gasteiger partial charge in [-0.3, -0.25) is 4.79 Å². The molecular formula is C14H13ClN2O2. The number of hydrogen-bond donors (Lipinski definition) is 2. The van der Waals surface area contributed by atoms with Gasteiger partial charge in [0.1, 0.15) is 11.3 Å². The monoisotopic (exact) mass is 276 g/mol. The first-order chi connectivity index (χ1) is 9.11. The Labute approximate surface area is 116 Å². The average molecular weight is 277 g/mol. The molecule has 0 saturated heterocycles. The summed E-state index contributed by atoms with van der Waals surface area (Å²) in [6.45, 7) is 0. The maximum absolute atomic E-state index is 12.2. The second kappa shape index (κ2) is 5.63. The van der Waals surface area contributed by atoms with Crippen LogP contribution >= 0.6 is 11.6 Å². The molecule has 0 spiro atoms. The molecule has 0 aliphatic rings. The predicted molar refractivity (Wildman–Crippen MR) is 76.8 cm³/mol. The number of methoxy groups -OCH3 is 1. The van der Waals surface area contributed by atoms with E-state index in [1.165, 1.54) is 7.11 Å². The molecular weight excluding hydrogens is 264 g/mol. The molecule has 0 bridgehead atoms. The van der Waals surface area contributed by atoms with Crippen molar-refractivity contribution in [2.75, 3.05) is 18.2 Å². The number of ether oxygens (including phenoxy) is 1. The zero-order chi connectivity index (χ0) is 13.8. The molecule has 0 aromatic heterocycles. The van der Waals surface area contributed by atoms with Crippen molar-refractivity contribution in [2.45, 2.75) is 0 Å². The Morgan fingerprint density at radius 2 is 1.89 bits per heavy atom. The molecule has 0 fully saturated rings. The van der Waals surface area contributed by atoms with E-state index in [-0.39, 0.29) is 5.91 Å². The van der Waals surface area contributed by atoms with Crippen LogP contribution in [0.2, 0.25) is 5.02 Å². The van der Waals surface area contributed by atoms with Crippen LogP contribution in [-0.2, 0) is 0 Å². The van der Waals surface area contributed by atoms with Crippen molar-refractivity contribution in [3.8, 4) is 5.75 Å². The molecule has 5 heteroatoms. The van der Waals surface area contributed by atoms with Crippen LogP contribution < -0.4 is 15.8 Å². The minimum atomic E-state index is -0.322. The number of carbonyl (C=O) groups excluding carboxylic acids is 1. The fourth-order valence-electron chi connectivity index (χ4n) is 1.69. The molecule has 19 heavy (non-hydrogen) atoms. The van der Waals surface area contributed by atoms with Crippen LogP contribution in [-0.4, -0.2) is 13.0 Å². The van der Waals surface area contributed by atoms with Gasteiger partial charge in [0.05, 0.1) is 7.11 Å². The van der Waals surface area contributed by atoms with E-state index < -0.39 is 0 Å². The summed E-state index contributed by atoms with van der Waals surface area (Å²) in [6.07, 6.45) is 0. The van der Waals surface area contributed by atoms with Crippen LogP contribution in [0.4, 0.5) is 11.4 Å². The van der Waals surface area contributed by atoms with Gasteiger partial charge in [-0.1, -0.05) is 17.7 Å². The van der Waals surface area contributed by atoms with Crippen molar-refractivity contribution in [1.29, 1.82) is 0 Å². The van der Waals surface area contributed by atoms with Gasteiger partial charge in [-0.25, -0.2) is 0 Å². The predicted octanol–water partition coefficient (Wildman–Crippen LogP) is 3.18. The molecule has 1 amide bonds. The lowest BCUT2D eigenvalue weighted by Gasteiger charge is -2.11. The summed E-state index contributed by atoms with van der Waals surface area (Å²) in [5, 5.41) is 3.35. The third kappa shape index (κ3) is 2.98. The van der Waals surface area contributed by atoms with Crippen LogP contribution in [0, 0.1) is 0 Å². The molecule has 4 nitrogen and oxygen atoms in total. The first-order valence-electron chi connectivity index (χ1n) is 5.61. The minimum absolute atomic E-state index is 0.319. The van der Waals surface area contributed by atoms with E-state index in [1.807, 2.05) is 0 Å². The molecule has 2 aromatic rings. The molecule has 2 aromatic carbocycles.